The standard InChI is InChI=1S/C27H28N4O2S/c1-20-7-8-25-24(11-20)16-30(17-26(33-25)23-9-10-34-19-23)18-27(32)28-12-22-13-29-31(15-22)14-21-5-3-2-4-6-21/h2-11,13,15,19,26H,12,14,16-18H2,1H3,(H,28,32)/t26-/m0/s1. The van der Waals surface area contributed by atoms with Gasteiger partial charge in [-0.3, -0.25) is 14.4 Å². The lowest BCUT2D eigenvalue weighted by Gasteiger charge is -2.23. The highest BCUT2D eigenvalue weighted by Gasteiger charge is 2.26. The van der Waals surface area contributed by atoms with E-state index in [4.69, 9.17) is 4.74 Å². The van der Waals surface area contributed by atoms with Crippen molar-refractivity contribution in [2.75, 3.05) is 13.1 Å². The lowest BCUT2D eigenvalue weighted by atomic mass is 10.1. The number of aryl methyl sites for hydroxylation is 1. The second-order valence-corrected chi connectivity index (χ2v) is 9.53. The van der Waals surface area contributed by atoms with E-state index in [0.29, 0.717) is 32.7 Å². The molecule has 0 unspecified atom stereocenters. The monoisotopic (exact) mass is 472 g/mol. The SMILES string of the molecule is Cc1ccc2c(c1)CN(CC(=O)NCc1cnn(Cc3ccccc3)c1)C[C@@H](c1ccsc1)O2. The number of nitrogens with one attached hydrogen (secondary N) is 1. The van der Waals surface area contributed by atoms with Crippen LogP contribution in [0.2, 0.25) is 0 Å². The van der Waals surface area contributed by atoms with Gasteiger partial charge in [0.15, 0.2) is 0 Å². The predicted octanol–water partition coefficient (Wildman–Crippen LogP) is 4.55. The molecule has 1 atom stereocenters. The minimum atomic E-state index is -0.0979. The first kappa shape index (κ1) is 22.4. The van der Waals surface area contributed by atoms with E-state index in [0.717, 1.165) is 22.4 Å². The van der Waals surface area contributed by atoms with Gasteiger partial charge >= 0.3 is 0 Å². The Bertz CT molecular complexity index is 1240. The highest BCUT2D eigenvalue weighted by atomic mass is 32.1. The van der Waals surface area contributed by atoms with E-state index in [1.54, 1.807) is 11.3 Å². The molecule has 0 aliphatic carbocycles. The summed E-state index contributed by atoms with van der Waals surface area (Å²) in [5.74, 6) is 0.895. The van der Waals surface area contributed by atoms with Gasteiger partial charge in [0.2, 0.25) is 5.91 Å². The summed E-state index contributed by atoms with van der Waals surface area (Å²) in [6.45, 7) is 4.91. The summed E-state index contributed by atoms with van der Waals surface area (Å²) in [7, 11) is 0. The van der Waals surface area contributed by atoms with Crippen LogP contribution in [0.4, 0.5) is 0 Å². The molecule has 2 aromatic heterocycles. The second kappa shape index (κ2) is 10.2. The number of fused-ring (bicyclic) bond motifs is 1. The summed E-state index contributed by atoms with van der Waals surface area (Å²) in [6, 6.07) is 18.6. The maximum absolute atomic E-state index is 12.8. The summed E-state index contributed by atoms with van der Waals surface area (Å²) in [5.41, 5.74) is 5.64. The van der Waals surface area contributed by atoms with Gasteiger partial charge in [0.05, 0.1) is 19.3 Å². The molecule has 0 radical (unpaired) electrons. The van der Waals surface area contributed by atoms with E-state index in [9.17, 15) is 4.79 Å². The first-order chi connectivity index (χ1) is 16.6. The Balaban J connectivity index is 1.21. The zero-order chi connectivity index (χ0) is 23.3. The van der Waals surface area contributed by atoms with Gasteiger partial charge in [0.25, 0.3) is 0 Å². The molecule has 1 aliphatic heterocycles. The number of rotatable bonds is 7. The van der Waals surface area contributed by atoms with Crippen LogP contribution in [0.5, 0.6) is 5.75 Å². The maximum atomic E-state index is 12.8. The lowest BCUT2D eigenvalue weighted by Crippen LogP contribution is -2.38. The zero-order valence-corrected chi connectivity index (χ0v) is 20.0. The molecule has 1 N–H and O–H groups in total. The van der Waals surface area contributed by atoms with Crippen molar-refractivity contribution in [3.05, 3.63) is 106 Å². The molecule has 2 aromatic carbocycles. The Morgan fingerprint density at radius 2 is 2.06 bits per heavy atom. The number of benzene rings is 2. The number of amides is 1. The zero-order valence-electron chi connectivity index (χ0n) is 19.2. The molecule has 1 aliphatic rings. The first-order valence-corrected chi connectivity index (χ1v) is 12.4. The van der Waals surface area contributed by atoms with E-state index in [-0.39, 0.29) is 12.0 Å². The Kier molecular flexibility index (Phi) is 6.74. The van der Waals surface area contributed by atoms with Gasteiger partial charge in [-0.15, -0.1) is 0 Å². The molecule has 4 aromatic rings. The van der Waals surface area contributed by atoms with Crippen LogP contribution in [-0.4, -0.2) is 33.7 Å². The molecule has 7 heteroatoms. The molecule has 0 spiro atoms. The van der Waals surface area contributed by atoms with Crippen molar-refractivity contribution in [1.82, 2.24) is 20.0 Å². The summed E-state index contributed by atoms with van der Waals surface area (Å²) < 4.78 is 8.27. The van der Waals surface area contributed by atoms with Crippen molar-refractivity contribution in [2.24, 2.45) is 0 Å². The van der Waals surface area contributed by atoms with E-state index < -0.39 is 0 Å². The average Bonchev–Trinajstić information content (AvgIpc) is 3.49. The molecule has 0 bridgehead atoms. The van der Waals surface area contributed by atoms with E-state index in [1.165, 1.54) is 11.1 Å². The van der Waals surface area contributed by atoms with Gasteiger partial charge in [-0.1, -0.05) is 48.0 Å². The topological polar surface area (TPSA) is 59.4 Å². The normalized spacial score (nSPS) is 15.9. The minimum absolute atomic E-state index is 0.00372. The van der Waals surface area contributed by atoms with E-state index in [1.807, 2.05) is 41.3 Å². The number of nitrogens with zero attached hydrogens (tertiary/aromatic N) is 3. The minimum Gasteiger partial charge on any atom is -0.484 e. The average molecular weight is 473 g/mol. The third-order valence-electron chi connectivity index (χ3n) is 5.95. The molecule has 0 saturated heterocycles. The van der Waals surface area contributed by atoms with Crippen LogP contribution in [0, 0.1) is 6.92 Å². The number of hydrogen-bond acceptors (Lipinski definition) is 5. The fraction of sp³-hybridized carbons (Fsp3) is 0.259. The van der Waals surface area contributed by atoms with Gasteiger partial charge in [-0.25, -0.2) is 0 Å². The van der Waals surface area contributed by atoms with Crippen LogP contribution < -0.4 is 10.1 Å². The van der Waals surface area contributed by atoms with Crippen LogP contribution in [0.3, 0.4) is 0 Å². The maximum Gasteiger partial charge on any atom is 0.234 e. The fourth-order valence-electron chi connectivity index (χ4n) is 4.24. The summed E-state index contributed by atoms with van der Waals surface area (Å²) in [6.07, 6.45) is 3.70. The summed E-state index contributed by atoms with van der Waals surface area (Å²) in [5, 5.41) is 11.7. The molecular formula is C27H28N4O2S. The number of ether oxygens (including phenoxy) is 1. The van der Waals surface area contributed by atoms with Gasteiger partial charge in [-0.05, 0) is 35.4 Å². The second-order valence-electron chi connectivity index (χ2n) is 8.75. The van der Waals surface area contributed by atoms with Crippen LogP contribution in [0.25, 0.3) is 0 Å². The van der Waals surface area contributed by atoms with Crippen molar-refractivity contribution in [2.45, 2.75) is 32.7 Å². The Labute approximate surface area is 203 Å². The molecule has 34 heavy (non-hydrogen) atoms. The van der Waals surface area contributed by atoms with Gasteiger partial charge < -0.3 is 10.1 Å². The highest BCUT2D eigenvalue weighted by Crippen LogP contribution is 2.32. The van der Waals surface area contributed by atoms with E-state index in [2.05, 4.69) is 63.3 Å². The van der Waals surface area contributed by atoms with Gasteiger partial charge in [0.1, 0.15) is 11.9 Å². The number of carbonyl (C=O) groups excluding carboxylic acids is 1. The Hall–Kier alpha value is -3.42. The number of thiophene rings is 1. The predicted molar refractivity (Wildman–Crippen MR) is 134 cm³/mol. The first-order valence-electron chi connectivity index (χ1n) is 11.4. The third-order valence-corrected chi connectivity index (χ3v) is 6.65. The van der Waals surface area contributed by atoms with Crippen molar-refractivity contribution >= 4 is 17.2 Å². The summed E-state index contributed by atoms with van der Waals surface area (Å²) >= 11 is 1.66. The quantitative estimate of drug-likeness (QED) is 0.429. The molecule has 0 fully saturated rings. The van der Waals surface area contributed by atoms with Gasteiger partial charge in [-0.2, -0.15) is 16.4 Å². The molecule has 6 nitrogen and oxygen atoms in total. The lowest BCUT2D eigenvalue weighted by molar-refractivity contribution is -0.122. The molecule has 3 heterocycles. The molecule has 1 amide bonds. The van der Waals surface area contributed by atoms with Crippen molar-refractivity contribution < 1.29 is 9.53 Å². The molecule has 174 valence electrons. The Morgan fingerprint density at radius 1 is 1.18 bits per heavy atom. The van der Waals surface area contributed by atoms with Crippen molar-refractivity contribution in [1.29, 1.82) is 0 Å². The number of hydrogen-bond donors (Lipinski definition) is 1. The Morgan fingerprint density at radius 3 is 2.88 bits per heavy atom. The van der Waals surface area contributed by atoms with Crippen LogP contribution in [0.1, 0.15) is 33.9 Å². The van der Waals surface area contributed by atoms with Crippen molar-refractivity contribution in [3.8, 4) is 5.75 Å². The van der Waals surface area contributed by atoms with Crippen LogP contribution >= 0.6 is 11.3 Å². The van der Waals surface area contributed by atoms with Crippen LogP contribution in [0.15, 0.2) is 77.8 Å². The molecule has 5 rings (SSSR count). The number of aromatic nitrogens is 2. The largest absolute Gasteiger partial charge is 0.484 e. The van der Waals surface area contributed by atoms with Gasteiger partial charge in [0, 0.05) is 42.5 Å². The van der Waals surface area contributed by atoms with E-state index >= 15 is 0 Å². The molecule has 0 saturated carbocycles. The smallest absolute Gasteiger partial charge is 0.234 e. The summed E-state index contributed by atoms with van der Waals surface area (Å²) in [4.78, 5) is 15.0. The number of carbonyl (C=O) groups is 1. The highest BCUT2D eigenvalue weighted by molar-refractivity contribution is 7.07. The van der Waals surface area contributed by atoms with Crippen molar-refractivity contribution in [3.63, 3.8) is 0 Å². The van der Waals surface area contributed by atoms with Crippen LogP contribution in [-0.2, 0) is 24.4 Å². The molecular weight excluding hydrogens is 444 g/mol. The third kappa shape index (κ3) is 5.55. The fourth-order valence-corrected chi connectivity index (χ4v) is 4.95.